The Bertz CT molecular complexity index is 502. The Morgan fingerprint density at radius 2 is 2.10 bits per heavy atom. The Labute approximate surface area is 126 Å². The lowest BCUT2D eigenvalue weighted by Crippen LogP contribution is -2.50. The summed E-state index contributed by atoms with van der Waals surface area (Å²) >= 11 is 1.51. The van der Waals surface area contributed by atoms with Crippen molar-refractivity contribution in [1.29, 1.82) is 0 Å². The molecule has 0 aliphatic carbocycles. The Morgan fingerprint density at radius 3 is 2.52 bits per heavy atom. The van der Waals surface area contributed by atoms with Crippen LogP contribution < -0.4 is 11.1 Å². The number of thiophene rings is 1. The first-order valence-electron chi connectivity index (χ1n) is 6.42. The van der Waals surface area contributed by atoms with E-state index in [0.29, 0.717) is 6.54 Å². The minimum Gasteiger partial charge on any atom is -0.480 e. The molecular formula is C13H19N3O4S. The summed E-state index contributed by atoms with van der Waals surface area (Å²) in [7, 11) is 0. The first-order chi connectivity index (χ1) is 9.81. The van der Waals surface area contributed by atoms with Gasteiger partial charge in [-0.2, -0.15) is 0 Å². The number of urea groups is 1. The summed E-state index contributed by atoms with van der Waals surface area (Å²) in [6.45, 7) is 4.04. The number of primary amides is 1. The van der Waals surface area contributed by atoms with Crippen LogP contribution in [0.15, 0.2) is 17.5 Å². The predicted octanol–water partition coefficient (Wildman–Crippen LogP) is 0.997. The standard InChI is InChI=1S/C13H19N3O4S/c1-8(2)16(7-9-4-3-5-21-9)13(20)15-10(12(18)19)6-11(14)17/h3-5,8,10H,6-7H2,1-2H3,(H2,14,17)(H,15,20)(H,18,19)/t10-/m1/s1. The number of nitrogens with one attached hydrogen (secondary N) is 1. The summed E-state index contributed by atoms with van der Waals surface area (Å²) in [5, 5.41) is 13.2. The molecule has 1 aromatic rings. The van der Waals surface area contributed by atoms with Gasteiger partial charge in [-0.05, 0) is 25.3 Å². The molecule has 0 bridgehead atoms. The normalized spacial score (nSPS) is 12.0. The van der Waals surface area contributed by atoms with Gasteiger partial charge in [0.1, 0.15) is 6.04 Å². The van der Waals surface area contributed by atoms with Crippen molar-refractivity contribution in [1.82, 2.24) is 10.2 Å². The molecule has 4 N–H and O–H groups in total. The molecule has 3 amide bonds. The number of carboxylic acid groups (broad SMARTS) is 1. The Kier molecular flexibility index (Phi) is 6.16. The van der Waals surface area contributed by atoms with Crippen LogP contribution in [0.4, 0.5) is 4.79 Å². The third-order valence-electron chi connectivity index (χ3n) is 2.79. The van der Waals surface area contributed by atoms with E-state index in [0.717, 1.165) is 4.88 Å². The van der Waals surface area contributed by atoms with Gasteiger partial charge in [0.2, 0.25) is 5.91 Å². The number of aliphatic carboxylic acids is 1. The van der Waals surface area contributed by atoms with Gasteiger partial charge in [-0.1, -0.05) is 6.07 Å². The fraction of sp³-hybridized carbons (Fsp3) is 0.462. The molecular weight excluding hydrogens is 294 g/mol. The molecule has 0 fully saturated rings. The van der Waals surface area contributed by atoms with Crippen LogP contribution in [-0.4, -0.2) is 40.0 Å². The van der Waals surface area contributed by atoms with Crippen molar-refractivity contribution >= 4 is 29.2 Å². The first kappa shape index (κ1) is 17.0. The highest BCUT2D eigenvalue weighted by Crippen LogP contribution is 2.14. The first-order valence-corrected chi connectivity index (χ1v) is 7.29. The van der Waals surface area contributed by atoms with E-state index >= 15 is 0 Å². The molecule has 0 spiro atoms. The molecule has 0 aliphatic heterocycles. The molecule has 0 aliphatic rings. The smallest absolute Gasteiger partial charge is 0.326 e. The summed E-state index contributed by atoms with van der Waals surface area (Å²) < 4.78 is 0. The van der Waals surface area contributed by atoms with Crippen molar-refractivity contribution in [3.8, 4) is 0 Å². The van der Waals surface area contributed by atoms with Crippen LogP contribution in [-0.2, 0) is 16.1 Å². The average Bonchev–Trinajstić information content (AvgIpc) is 2.86. The topological polar surface area (TPSA) is 113 Å². The molecule has 116 valence electrons. The predicted molar refractivity (Wildman–Crippen MR) is 78.8 cm³/mol. The van der Waals surface area contributed by atoms with Gasteiger partial charge in [0.05, 0.1) is 13.0 Å². The minimum absolute atomic E-state index is 0.116. The zero-order valence-electron chi connectivity index (χ0n) is 11.9. The Hall–Kier alpha value is -2.09. The molecule has 8 heteroatoms. The fourth-order valence-electron chi connectivity index (χ4n) is 1.69. The third-order valence-corrected chi connectivity index (χ3v) is 3.65. The number of carboxylic acids is 1. The average molecular weight is 313 g/mol. The maximum atomic E-state index is 12.2. The van der Waals surface area contributed by atoms with Crippen LogP contribution in [0.1, 0.15) is 25.1 Å². The van der Waals surface area contributed by atoms with E-state index in [1.165, 1.54) is 16.2 Å². The fourth-order valence-corrected chi connectivity index (χ4v) is 2.40. The lowest BCUT2D eigenvalue weighted by molar-refractivity contribution is -0.141. The molecule has 0 aromatic carbocycles. The second-order valence-corrected chi connectivity index (χ2v) is 5.84. The lowest BCUT2D eigenvalue weighted by Gasteiger charge is -2.28. The van der Waals surface area contributed by atoms with Crippen molar-refractivity contribution in [3.63, 3.8) is 0 Å². The lowest BCUT2D eigenvalue weighted by atomic mass is 10.2. The van der Waals surface area contributed by atoms with Crippen LogP contribution >= 0.6 is 11.3 Å². The number of nitrogens with two attached hydrogens (primary N) is 1. The van der Waals surface area contributed by atoms with E-state index < -0.39 is 30.4 Å². The molecule has 0 saturated carbocycles. The molecule has 1 heterocycles. The van der Waals surface area contributed by atoms with Crippen LogP contribution in [0.3, 0.4) is 0 Å². The van der Waals surface area contributed by atoms with Crippen LogP contribution in [0.2, 0.25) is 0 Å². The van der Waals surface area contributed by atoms with Gasteiger partial charge in [-0.25, -0.2) is 9.59 Å². The maximum Gasteiger partial charge on any atom is 0.326 e. The van der Waals surface area contributed by atoms with Gasteiger partial charge in [-0.15, -0.1) is 11.3 Å². The van der Waals surface area contributed by atoms with E-state index in [4.69, 9.17) is 10.8 Å². The zero-order chi connectivity index (χ0) is 16.0. The molecule has 21 heavy (non-hydrogen) atoms. The molecule has 1 atom stereocenters. The van der Waals surface area contributed by atoms with Crippen LogP contribution in [0.5, 0.6) is 0 Å². The highest BCUT2D eigenvalue weighted by atomic mass is 32.1. The van der Waals surface area contributed by atoms with E-state index in [1.807, 2.05) is 31.4 Å². The molecule has 0 saturated heterocycles. The van der Waals surface area contributed by atoms with Gasteiger partial charge in [0.15, 0.2) is 0 Å². The van der Waals surface area contributed by atoms with Crippen LogP contribution in [0, 0.1) is 0 Å². The Morgan fingerprint density at radius 1 is 1.43 bits per heavy atom. The zero-order valence-corrected chi connectivity index (χ0v) is 12.7. The van der Waals surface area contributed by atoms with Crippen LogP contribution in [0.25, 0.3) is 0 Å². The number of amides is 3. The highest BCUT2D eigenvalue weighted by molar-refractivity contribution is 7.09. The number of hydrogen-bond donors (Lipinski definition) is 3. The summed E-state index contributed by atoms with van der Waals surface area (Å²) in [6.07, 6.45) is -0.438. The van der Waals surface area contributed by atoms with E-state index in [2.05, 4.69) is 5.32 Å². The van der Waals surface area contributed by atoms with Gasteiger partial charge >= 0.3 is 12.0 Å². The van der Waals surface area contributed by atoms with E-state index in [9.17, 15) is 14.4 Å². The summed E-state index contributed by atoms with van der Waals surface area (Å²) in [5.74, 6) is -2.07. The number of nitrogens with zero attached hydrogens (tertiary/aromatic N) is 1. The van der Waals surface area contributed by atoms with Crippen molar-refractivity contribution in [2.45, 2.75) is 38.9 Å². The number of rotatable bonds is 7. The summed E-state index contributed by atoms with van der Waals surface area (Å²) in [4.78, 5) is 36.6. The highest BCUT2D eigenvalue weighted by Gasteiger charge is 2.26. The second kappa shape index (κ2) is 7.63. The monoisotopic (exact) mass is 313 g/mol. The van der Waals surface area contributed by atoms with Gasteiger partial charge in [0.25, 0.3) is 0 Å². The summed E-state index contributed by atoms with van der Waals surface area (Å²) in [5.41, 5.74) is 4.99. The van der Waals surface area contributed by atoms with Crippen molar-refractivity contribution in [2.75, 3.05) is 0 Å². The quantitative estimate of drug-likeness (QED) is 0.697. The molecule has 1 aromatic heterocycles. The summed E-state index contributed by atoms with van der Waals surface area (Å²) in [6, 6.07) is 1.80. The maximum absolute atomic E-state index is 12.2. The van der Waals surface area contributed by atoms with E-state index in [1.54, 1.807) is 0 Å². The Balaban J connectivity index is 2.75. The second-order valence-electron chi connectivity index (χ2n) is 4.81. The van der Waals surface area contributed by atoms with Crippen molar-refractivity contribution < 1.29 is 19.5 Å². The van der Waals surface area contributed by atoms with Gasteiger partial charge < -0.3 is 21.1 Å². The van der Waals surface area contributed by atoms with Crippen molar-refractivity contribution in [2.24, 2.45) is 5.73 Å². The largest absolute Gasteiger partial charge is 0.480 e. The molecule has 1 rings (SSSR count). The molecule has 7 nitrogen and oxygen atoms in total. The SMILES string of the molecule is CC(C)N(Cc1cccs1)C(=O)N[C@H](CC(N)=O)C(=O)O. The third kappa shape index (κ3) is 5.42. The molecule has 0 unspecified atom stereocenters. The van der Waals surface area contributed by atoms with Gasteiger partial charge in [0, 0.05) is 10.9 Å². The number of carbonyl (C=O) groups excluding carboxylic acids is 2. The van der Waals surface area contributed by atoms with Gasteiger partial charge in [-0.3, -0.25) is 4.79 Å². The van der Waals surface area contributed by atoms with E-state index in [-0.39, 0.29) is 6.04 Å². The number of hydrogen-bond acceptors (Lipinski definition) is 4. The molecule has 0 radical (unpaired) electrons. The minimum atomic E-state index is -1.32. The van der Waals surface area contributed by atoms with Crippen molar-refractivity contribution in [3.05, 3.63) is 22.4 Å². The number of carbonyl (C=O) groups is 3.